The van der Waals surface area contributed by atoms with E-state index in [4.69, 9.17) is 4.74 Å². The van der Waals surface area contributed by atoms with Crippen LogP contribution in [0.5, 0.6) is 0 Å². The van der Waals surface area contributed by atoms with E-state index in [9.17, 15) is 14.7 Å². The van der Waals surface area contributed by atoms with Gasteiger partial charge in [-0.15, -0.1) is 0 Å². The third-order valence-corrected chi connectivity index (χ3v) is 5.03. The standard InChI is InChI=1S/C14H21NO4/c1-7-2-5-10(19-7)13(16)15-12-9-4-3-8(6-9)11(12)14(17)18/h7-12H,2-6H2,1H3,(H,15,16)(H,17,18). The molecule has 5 nitrogen and oxygen atoms in total. The molecule has 3 fully saturated rings. The highest BCUT2D eigenvalue weighted by Gasteiger charge is 2.52. The van der Waals surface area contributed by atoms with Gasteiger partial charge in [-0.3, -0.25) is 9.59 Å². The zero-order chi connectivity index (χ0) is 13.6. The van der Waals surface area contributed by atoms with Crippen LogP contribution in [0.1, 0.15) is 39.0 Å². The van der Waals surface area contributed by atoms with Gasteiger partial charge >= 0.3 is 5.97 Å². The summed E-state index contributed by atoms with van der Waals surface area (Å²) in [5.74, 6) is -0.696. The lowest BCUT2D eigenvalue weighted by Gasteiger charge is -2.29. The Morgan fingerprint density at radius 2 is 1.89 bits per heavy atom. The number of amides is 1. The molecule has 1 amide bonds. The topological polar surface area (TPSA) is 75.6 Å². The number of aliphatic carboxylic acids is 1. The van der Waals surface area contributed by atoms with Gasteiger partial charge < -0.3 is 15.2 Å². The predicted octanol–water partition coefficient (Wildman–Crippen LogP) is 1.17. The molecule has 3 aliphatic rings. The first-order valence-corrected chi connectivity index (χ1v) is 7.25. The molecule has 1 aliphatic heterocycles. The molecule has 0 radical (unpaired) electrons. The van der Waals surface area contributed by atoms with Crippen LogP contribution in [-0.2, 0) is 14.3 Å². The summed E-state index contributed by atoms with van der Waals surface area (Å²) in [6, 6.07) is -0.191. The van der Waals surface area contributed by atoms with Crippen molar-refractivity contribution in [2.45, 2.75) is 57.3 Å². The van der Waals surface area contributed by atoms with Gasteiger partial charge in [0.2, 0.25) is 5.91 Å². The van der Waals surface area contributed by atoms with Gasteiger partial charge in [0.25, 0.3) is 0 Å². The van der Waals surface area contributed by atoms with E-state index in [2.05, 4.69) is 5.32 Å². The maximum absolute atomic E-state index is 12.2. The smallest absolute Gasteiger partial charge is 0.308 e. The van der Waals surface area contributed by atoms with Crippen molar-refractivity contribution in [1.29, 1.82) is 0 Å². The molecule has 5 heteroatoms. The lowest BCUT2D eigenvalue weighted by atomic mass is 9.84. The number of carboxylic acid groups (broad SMARTS) is 1. The molecule has 0 aromatic heterocycles. The minimum Gasteiger partial charge on any atom is -0.481 e. The number of rotatable bonds is 3. The molecule has 1 heterocycles. The second kappa shape index (κ2) is 4.78. The molecule has 2 N–H and O–H groups in total. The fourth-order valence-corrected chi connectivity index (χ4v) is 4.11. The molecular formula is C14H21NO4. The van der Waals surface area contributed by atoms with Gasteiger partial charge in [0.15, 0.2) is 0 Å². The lowest BCUT2D eigenvalue weighted by Crippen LogP contribution is -2.49. The number of carboxylic acids is 1. The van der Waals surface area contributed by atoms with Gasteiger partial charge in [-0.1, -0.05) is 0 Å². The quantitative estimate of drug-likeness (QED) is 0.805. The number of ether oxygens (including phenoxy) is 1. The van der Waals surface area contributed by atoms with Crippen LogP contribution >= 0.6 is 0 Å². The lowest BCUT2D eigenvalue weighted by molar-refractivity contribution is -0.145. The first-order chi connectivity index (χ1) is 9.06. The Morgan fingerprint density at radius 3 is 2.53 bits per heavy atom. The van der Waals surface area contributed by atoms with Crippen LogP contribution in [0.3, 0.4) is 0 Å². The third-order valence-electron chi connectivity index (χ3n) is 5.03. The molecule has 0 aromatic carbocycles. The highest BCUT2D eigenvalue weighted by atomic mass is 16.5. The van der Waals surface area contributed by atoms with Crippen LogP contribution in [0, 0.1) is 17.8 Å². The number of hydrogen-bond acceptors (Lipinski definition) is 3. The number of nitrogens with one attached hydrogen (secondary N) is 1. The normalized spacial score (nSPS) is 44.5. The predicted molar refractivity (Wildman–Crippen MR) is 67.5 cm³/mol. The van der Waals surface area contributed by atoms with E-state index < -0.39 is 11.9 Å². The largest absolute Gasteiger partial charge is 0.481 e. The summed E-state index contributed by atoms with van der Waals surface area (Å²) in [6.45, 7) is 1.96. The molecule has 3 rings (SSSR count). The van der Waals surface area contributed by atoms with Crippen LogP contribution in [0.4, 0.5) is 0 Å². The summed E-state index contributed by atoms with van der Waals surface area (Å²) in [6.07, 6.45) is 4.37. The summed E-state index contributed by atoms with van der Waals surface area (Å²) in [5, 5.41) is 12.3. The fourth-order valence-electron chi connectivity index (χ4n) is 4.11. The highest BCUT2D eigenvalue weighted by Crippen LogP contribution is 2.48. The molecule has 6 atom stereocenters. The van der Waals surface area contributed by atoms with E-state index in [1.165, 1.54) is 0 Å². The van der Waals surface area contributed by atoms with Crippen molar-refractivity contribution in [2.75, 3.05) is 0 Å². The molecule has 0 aromatic rings. The molecule has 2 aliphatic carbocycles. The molecule has 0 spiro atoms. The van der Waals surface area contributed by atoms with E-state index in [-0.39, 0.29) is 30.1 Å². The Morgan fingerprint density at radius 1 is 1.16 bits per heavy atom. The maximum atomic E-state index is 12.2. The number of hydrogen-bond donors (Lipinski definition) is 2. The van der Waals surface area contributed by atoms with Crippen molar-refractivity contribution in [3.8, 4) is 0 Å². The third kappa shape index (κ3) is 2.24. The molecule has 106 valence electrons. The van der Waals surface area contributed by atoms with Gasteiger partial charge in [-0.25, -0.2) is 0 Å². The van der Waals surface area contributed by atoms with Crippen molar-refractivity contribution < 1.29 is 19.4 Å². The summed E-state index contributed by atoms with van der Waals surface area (Å²) < 4.78 is 5.55. The van der Waals surface area contributed by atoms with Crippen LogP contribution in [0.25, 0.3) is 0 Å². The van der Waals surface area contributed by atoms with Crippen molar-refractivity contribution in [2.24, 2.45) is 17.8 Å². The van der Waals surface area contributed by atoms with Gasteiger partial charge in [0, 0.05) is 6.04 Å². The Kier molecular flexibility index (Phi) is 3.25. The second-order valence-electron chi connectivity index (χ2n) is 6.24. The van der Waals surface area contributed by atoms with E-state index in [0.717, 1.165) is 32.1 Å². The Hall–Kier alpha value is -1.10. The second-order valence-corrected chi connectivity index (χ2v) is 6.24. The average Bonchev–Trinajstić information content (AvgIpc) is 3.03. The summed E-state index contributed by atoms with van der Waals surface area (Å²) in [7, 11) is 0. The summed E-state index contributed by atoms with van der Waals surface area (Å²) in [5.41, 5.74) is 0. The van der Waals surface area contributed by atoms with E-state index in [0.29, 0.717) is 5.92 Å². The Bertz CT molecular complexity index is 397. The van der Waals surface area contributed by atoms with Crippen molar-refractivity contribution >= 4 is 11.9 Å². The molecule has 2 bridgehead atoms. The van der Waals surface area contributed by atoms with E-state index in [1.54, 1.807) is 0 Å². The first kappa shape index (κ1) is 12.9. The highest BCUT2D eigenvalue weighted by molar-refractivity contribution is 5.82. The van der Waals surface area contributed by atoms with Crippen molar-refractivity contribution in [1.82, 2.24) is 5.32 Å². The minimum atomic E-state index is -0.766. The average molecular weight is 267 g/mol. The van der Waals surface area contributed by atoms with Crippen LogP contribution in [0.15, 0.2) is 0 Å². The molecule has 19 heavy (non-hydrogen) atoms. The zero-order valence-electron chi connectivity index (χ0n) is 11.2. The van der Waals surface area contributed by atoms with Crippen molar-refractivity contribution in [3.63, 3.8) is 0 Å². The monoisotopic (exact) mass is 267 g/mol. The van der Waals surface area contributed by atoms with Gasteiger partial charge in [0.05, 0.1) is 12.0 Å². The summed E-state index contributed by atoms with van der Waals surface area (Å²) >= 11 is 0. The molecular weight excluding hydrogens is 246 g/mol. The Labute approximate surface area is 112 Å². The van der Waals surface area contributed by atoms with Gasteiger partial charge in [0.1, 0.15) is 6.10 Å². The molecule has 1 saturated heterocycles. The SMILES string of the molecule is CC1CCC(C(=O)NC2C3CCC(C3)C2C(=O)O)O1. The number of carbonyl (C=O) groups is 2. The van der Waals surface area contributed by atoms with E-state index in [1.807, 2.05) is 6.92 Å². The van der Waals surface area contributed by atoms with E-state index >= 15 is 0 Å². The van der Waals surface area contributed by atoms with Gasteiger partial charge in [-0.2, -0.15) is 0 Å². The Balaban J connectivity index is 1.65. The molecule has 2 saturated carbocycles. The fraction of sp³-hybridized carbons (Fsp3) is 0.857. The van der Waals surface area contributed by atoms with Gasteiger partial charge in [-0.05, 0) is 50.9 Å². The molecule has 6 unspecified atom stereocenters. The minimum absolute atomic E-state index is 0.117. The maximum Gasteiger partial charge on any atom is 0.308 e. The van der Waals surface area contributed by atoms with Crippen LogP contribution < -0.4 is 5.32 Å². The van der Waals surface area contributed by atoms with Crippen LogP contribution in [-0.4, -0.2) is 35.2 Å². The first-order valence-electron chi connectivity index (χ1n) is 7.25. The van der Waals surface area contributed by atoms with Crippen LogP contribution in [0.2, 0.25) is 0 Å². The zero-order valence-corrected chi connectivity index (χ0v) is 11.2. The number of carbonyl (C=O) groups excluding carboxylic acids is 1. The summed E-state index contributed by atoms with van der Waals surface area (Å²) in [4.78, 5) is 23.5. The number of fused-ring (bicyclic) bond motifs is 2. The van der Waals surface area contributed by atoms with Crippen molar-refractivity contribution in [3.05, 3.63) is 0 Å².